The van der Waals surface area contributed by atoms with Crippen LogP contribution in [-0.4, -0.2) is 19.6 Å². The Hall–Kier alpha value is -2.53. The standard InChI is InChI=1S/C16H18N2O3/c1-20-14-8-4-5-9-15(14)21-11-16(19)18-13-7-3-2-6-12(13)10-17/h2-9H,10-11,17H2,1H3,(H,18,19). The summed E-state index contributed by atoms with van der Waals surface area (Å²) in [6.07, 6.45) is 0. The largest absolute Gasteiger partial charge is 0.493 e. The number of methoxy groups -OCH3 is 1. The van der Waals surface area contributed by atoms with Gasteiger partial charge >= 0.3 is 0 Å². The molecule has 0 bridgehead atoms. The van der Waals surface area contributed by atoms with Gasteiger partial charge in [0, 0.05) is 12.2 Å². The summed E-state index contributed by atoms with van der Waals surface area (Å²) >= 11 is 0. The second kappa shape index (κ2) is 7.31. The molecule has 2 aromatic carbocycles. The van der Waals surface area contributed by atoms with Crippen molar-refractivity contribution in [3.8, 4) is 11.5 Å². The third-order valence-electron chi connectivity index (χ3n) is 2.94. The van der Waals surface area contributed by atoms with Gasteiger partial charge in [-0.25, -0.2) is 0 Å². The molecule has 0 aliphatic rings. The van der Waals surface area contributed by atoms with Crippen molar-refractivity contribution in [1.82, 2.24) is 0 Å². The maximum absolute atomic E-state index is 11.9. The van der Waals surface area contributed by atoms with E-state index in [0.29, 0.717) is 23.7 Å². The number of carbonyl (C=O) groups is 1. The summed E-state index contributed by atoms with van der Waals surface area (Å²) in [4.78, 5) is 11.9. The molecule has 0 aromatic heterocycles. The Morgan fingerprint density at radius 1 is 1.10 bits per heavy atom. The maximum Gasteiger partial charge on any atom is 0.262 e. The molecule has 0 heterocycles. The van der Waals surface area contributed by atoms with Crippen LogP contribution in [0.25, 0.3) is 0 Å². The highest BCUT2D eigenvalue weighted by atomic mass is 16.5. The van der Waals surface area contributed by atoms with Gasteiger partial charge in [0.15, 0.2) is 18.1 Å². The summed E-state index contributed by atoms with van der Waals surface area (Å²) in [7, 11) is 1.56. The summed E-state index contributed by atoms with van der Waals surface area (Å²) in [6.45, 7) is 0.267. The maximum atomic E-state index is 11.9. The number of amides is 1. The summed E-state index contributed by atoms with van der Waals surface area (Å²) < 4.78 is 10.6. The molecule has 0 saturated heterocycles. The fourth-order valence-corrected chi connectivity index (χ4v) is 1.89. The van der Waals surface area contributed by atoms with Crippen LogP contribution < -0.4 is 20.5 Å². The Balaban J connectivity index is 1.96. The van der Waals surface area contributed by atoms with E-state index in [9.17, 15) is 4.79 Å². The first kappa shape index (κ1) is 14.9. The summed E-state index contributed by atoms with van der Waals surface area (Å²) in [5, 5.41) is 2.78. The Bertz CT molecular complexity index is 614. The molecule has 3 N–H and O–H groups in total. The average molecular weight is 286 g/mol. The second-order valence-electron chi connectivity index (χ2n) is 4.35. The molecule has 0 radical (unpaired) electrons. The zero-order valence-electron chi connectivity index (χ0n) is 11.8. The molecular weight excluding hydrogens is 268 g/mol. The molecule has 5 heteroatoms. The first-order valence-corrected chi connectivity index (χ1v) is 6.58. The lowest BCUT2D eigenvalue weighted by Gasteiger charge is -2.12. The number of hydrogen-bond acceptors (Lipinski definition) is 4. The van der Waals surface area contributed by atoms with Crippen molar-refractivity contribution in [2.75, 3.05) is 19.0 Å². The van der Waals surface area contributed by atoms with Crippen molar-refractivity contribution in [2.45, 2.75) is 6.54 Å². The summed E-state index contributed by atoms with van der Waals surface area (Å²) in [5.41, 5.74) is 7.21. The van der Waals surface area contributed by atoms with Gasteiger partial charge in [0.2, 0.25) is 0 Å². The van der Waals surface area contributed by atoms with Crippen LogP contribution in [0.4, 0.5) is 5.69 Å². The van der Waals surface area contributed by atoms with Gasteiger partial charge < -0.3 is 20.5 Å². The Morgan fingerprint density at radius 3 is 2.48 bits per heavy atom. The Morgan fingerprint density at radius 2 is 1.76 bits per heavy atom. The van der Waals surface area contributed by atoms with E-state index in [1.165, 1.54) is 0 Å². The molecule has 0 spiro atoms. The fourth-order valence-electron chi connectivity index (χ4n) is 1.89. The number of benzene rings is 2. The van der Waals surface area contributed by atoms with E-state index in [1.807, 2.05) is 36.4 Å². The predicted molar refractivity (Wildman–Crippen MR) is 81.5 cm³/mol. The van der Waals surface area contributed by atoms with E-state index >= 15 is 0 Å². The van der Waals surface area contributed by atoms with Gasteiger partial charge in [-0.3, -0.25) is 4.79 Å². The lowest BCUT2D eigenvalue weighted by molar-refractivity contribution is -0.118. The van der Waals surface area contributed by atoms with Gasteiger partial charge in [0.1, 0.15) is 0 Å². The smallest absolute Gasteiger partial charge is 0.262 e. The van der Waals surface area contributed by atoms with Gasteiger partial charge in [-0.05, 0) is 23.8 Å². The molecule has 0 fully saturated rings. The fraction of sp³-hybridized carbons (Fsp3) is 0.188. The number of hydrogen-bond donors (Lipinski definition) is 2. The first-order chi connectivity index (χ1) is 10.2. The van der Waals surface area contributed by atoms with Crippen LogP contribution in [0.15, 0.2) is 48.5 Å². The number of nitrogens with one attached hydrogen (secondary N) is 1. The zero-order chi connectivity index (χ0) is 15.1. The van der Waals surface area contributed by atoms with Crippen LogP contribution in [0, 0.1) is 0 Å². The van der Waals surface area contributed by atoms with Gasteiger partial charge in [-0.15, -0.1) is 0 Å². The van der Waals surface area contributed by atoms with Gasteiger partial charge in [-0.2, -0.15) is 0 Å². The van der Waals surface area contributed by atoms with Crippen molar-refractivity contribution in [3.63, 3.8) is 0 Å². The SMILES string of the molecule is COc1ccccc1OCC(=O)Nc1ccccc1CN. The minimum Gasteiger partial charge on any atom is -0.493 e. The molecule has 5 nitrogen and oxygen atoms in total. The van der Waals surface area contributed by atoms with Crippen molar-refractivity contribution in [2.24, 2.45) is 5.73 Å². The zero-order valence-corrected chi connectivity index (χ0v) is 11.8. The van der Waals surface area contributed by atoms with Crippen molar-refractivity contribution < 1.29 is 14.3 Å². The van der Waals surface area contributed by atoms with Crippen LogP contribution in [0.2, 0.25) is 0 Å². The van der Waals surface area contributed by atoms with Crippen molar-refractivity contribution in [3.05, 3.63) is 54.1 Å². The van der Waals surface area contributed by atoms with Crippen LogP contribution in [0.1, 0.15) is 5.56 Å². The topological polar surface area (TPSA) is 73.6 Å². The highest BCUT2D eigenvalue weighted by Crippen LogP contribution is 2.25. The minimum atomic E-state index is -0.248. The van der Waals surface area contributed by atoms with Crippen LogP contribution in [0.5, 0.6) is 11.5 Å². The number of rotatable bonds is 6. The molecule has 1 amide bonds. The summed E-state index contributed by atoms with van der Waals surface area (Å²) in [6, 6.07) is 14.6. The van der Waals surface area contributed by atoms with Crippen molar-refractivity contribution >= 4 is 11.6 Å². The highest BCUT2D eigenvalue weighted by Gasteiger charge is 2.08. The third-order valence-corrected chi connectivity index (χ3v) is 2.94. The van der Waals surface area contributed by atoms with Crippen molar-refractivity contribution in [1.29, 1.82) is 0 Å². The third kappa shape index (κ3) is 3.97. The number of ether oxygens (including phenoxy) is 2. The lowest BCUT2D eigenvalue weighted by Crippen LogP contribution is -2.21. The van der Waals surface area contributed by atoms with E-state index in [-0.39, 0.29) is 12.5 Å². The molecule has 110 valence electrons. The number of carbonyl (C=O) groups excluding carboxylic acids is 1. The Kier molecular flexibility index (Phi) is 5.17. The average Bonchev–Trinajstić information content (AvgIpc) is 2.53. The van der Waals surface area contributed by atoms with E-state index < -0.39 is 0 Å². The first-order valence-electron chi connectivity index (χ1n) is 6.58. The van der Waals surface area contributed by atoms with Gasteiger partial charge in [0.05, 0.1) is 7.11 Å². The van der Waals surface area contributed by atoms with E-state index in [4.69, 9.17) is 15.2 Å². The molecule has 2 aromatic rings. The molecule has 0 unspecified atom stereocenters. The van der Waals surface area contributed by atoms with Crippen LogP contribution in [0.3, 0.4) is 0 Å². The summed E-state index contributed by atoms with van der Waals surface area (Å²) in [5.74, 6) is 0.872. The molecular formula is C16H18N2O3. The van der Waals surface area contributed by atoms with E-state index in [0.717, 1.165) is 5.56 Å². The number of para-hydroxylation sites is 3. The van der Waals surface area contributed by atoms with Gasteiger partial charge in [-0.1, -0.05) is 30.3 Å². The quantitative estimate of drug-likeness (QED) is 0.853. The van der Waals surface area contributed by atoms with Crippen LogP contribution in [-0.2, 0) is 11.3 Å². The van der Waals surface area contributed by atoms with E-state index in [1.54, 1.807) is 19.2 Å². The van der Waals surface area contributed by atoms with Crippen LogP contribution >= 0.6 is 0 Å². The molecule has 0 atom stereocenters. The molecule has 0 saturated carbocycles. The number of anilines is 1. The predicted octanol–water partition coefficient (Wildman–Crippen LogP) is 2.17. The second-order valence-corrected chi connectivity index (χ2v) is 4.35. The monoisotopic (exact) mass is 286 g/mol. The molecule has 0 aliphatic carbocycles. The normalized spacial score (nSPS) is 10.0. The number of nitrogens with two attached hydrogens (primary N) is 1. The van der Waals surface area contributed by atoms with E-state index in [2.05, 4.69) is 5.32 Å². The molecule has 21 heavy (non-hydrogen) atoms. The Labute approximate surface area is 123 Å². The van der Waals surface area contributed by atoms with Gasteiger partial charge in [0.25, 0.3) is 5.91 Å². The minimum absolute atomic E-state index is 0.0979. The highest BCUT2D eigenvalue weighted by molar-refractivity contribution is 5.92. The molecule has 0 aliphatic heterocycles. The lowest BCUT2D eigenvalue weighted by atomic mass is 10.2. The molecule has 2 rings (SSSR count).